The zero-order chi connectivity index (χ0) is 20.6. The number of carbonyl (C=O) groups excluding carboxylic acids is 2. The van der Waals surface area contributed by atoms with E-state index in [9.17, 15) is 14.0 Å². The molecule has 0 unspecified atom stereocenters. The van der Waals surface area contributed by atoms with Crippen LogP contribution in [-0.2, 0) is 14.0 Å². The first kappa shape index (κ1) is 21.2. The molecule has 0 radical (unpaired) electrons. The smallest absolute Gasteiger partial charge is 0.443 e. The first-order valence-corrected chi connectivity index (χ1v) is 8.66. The highest BCUT2D eigenvalue weighted by Gasteiger charge is 2.52. The van der Waals surface area contributed by atoms with Gasteiger partial charge in [0.25, 0.3) is 5.91 Å². The third-order valence-corrected chi connectivity index (χ3v) is 4.44. The quantitative estimate of drug-likeness (QED) is 0.608. The molecule has 148 valence electrons. The summed E-state index contributed by atoms with van der Waals surface area (Å²) in [4.78, 5) is 23.9. The van der Waals surface area contributed by atoms with Gasteiger partial charge in [-0.25, -0.2) is 14.6 Å². The Kier molecular flexibility index (Phi) is 5.59. The minimum atomic E-state index is -0.943. The molecule has 1 aromatic rings. The van der Waals surface area contributed by atoms with Gasteiger partial charge >= 0.3 is 13.2 Å². The van der Waals surface area contributed by atoms with Gasteiger partial charge in [-0.1, -0.05) is 0 Å². The van der Waals surface area contributed by atoms with Crippen molar-refractivity contribution in [2.75, 3.05) is 0 Å². The molecule has 1 aliphatic rings. The Morgan fingerprint density at radius 3 is 2.15 bits per heavy atom. The molecule has 9 heteroatoms. The maximum absolute atomic E-state index is 14.3. The highest BCUT2D eigenvalue weighted by Crippen LogP contribution is 2.36. The minimum absolute atomic E-state index is 0.110. The van der Waals surface area contributed by atoms with Crippen molar-refractivity contribution in [3.63, 3.8) is 0 Å². The average Bonchev–Trinajstić information content (AvgIpc) is 2.71. The molecule has 1 saturated heterocycles. The maximum Gasteiger partial charge on any atom is 0.497 e. The standard InChI is InChI=1S/C18H26BFN2O5/c1-16(2,3)25-15(24)22-21-14(23)11-8-9-13(20)12(10-11)19-26-17(4,5)18(6,7)27-19/h8-10H,1-7H3,(H,21,23)(H,22,24). The number of amides is 2. The normalized spacial score (nSPS) is 18.1. The van der Waals surface area contributed by atoms with Crippen LogP contribution in [0.25, 0.3) is 0 Å². The number of halogens is 1. The number of benzene rings is 1. The molecular formula is C18H26BFN2O5. The number of hydrogen-bond donors (Lipinski definition) is 2. The van der Waals surface area contributed by atoms with Crippen LogP contribution in [0.1, 0.15) is 58.8 Å². The van der Waals surface area contributed by atoms with Gasteiger partial charge in [-0.2, -0.15) is 0 Å². The topological polar surface area (TPSA) is 85.9 Å². The fourth-order valence-electron chi connectivity index (χ4n) is 2.32. The van der Waals surface area contributed by atoms with E-state index in [0.29, 0.717) is 0 Å². The first-order chi connectivity index (χ1) is 12.2. The van der Waals surface area contributed by atoms with Crippen LogP contribution in [0, 0.1) is 5.82 Å². The van der Waals surface area contributed by atoms with Crippen LogP contribution < -0.4 is 16.3 Å². The molecule has 0 spiro atoms. The fourth-order valence-corrected chi connectivity index (χ4v) is 2.32. The highest BCUT2D eigenvalue weighted by molar-refractivity contribution is 6.62. The Balaban J connectivity index is 2.11. The monoisotopic (exact) mass is 380 g/mol. The fraction of sp³-hybridized carbons (Fsp3) is 0.556. The van der Waals surface area contributed by atoms with Crippen LogP contribution >= 0.6 is 0 Å². The molecule has 7 nitrogen and oxygen atoms in total. The van der Waals surface area contributed by atoms with Gasteiger partial charge in [0, 0.05) is 11.0 Å². The van der Waals surface area contributed by atoms with Crippen molar-refractivity contribution < 1.29 is 28.0 Å². The molecule has 1 aromatic carbocycles. The van der Waals surface area contributed by atoms with Gasteiger partial charge in [0.15, 0.2) is 0 Å². The number of ether oxygens (including phenoxy) is 1. The summed E-state index contributed by atoms with van der Waals surface area (Å²) in [5.74, 6) is -1.18. The summed E-state index contributed by atoms with van der Waals surface area (Å²) in [6, 6.07) is 3.79. The number of nitrogens with one attached hydrogen (secondary N) is 2. The predicted molar refractivity (Wildman–Crippen MR) is 99.0 cm³/mol. The largest absolute Gasteiger partial charge is 0.497 e. The van der Waals surface area contributed by atoms with E-state index in [1.165, 1.54) is 12.1 Å². The summed E-state index contributed by atoms with van der Waals surface area (Å²) in [6.07, 6.45) is -0.802. The summed E-state index contributed by atoms with van der Waals surface area (Å²) in [5, 5.41) is 0. The number of rotatable bonds is 2. The summed E-state index contributed by atoms with van der Waals surface area (Å²) >= 11 is 0. The van der Waals surface area contributed by atoms with E-state index in [1.54, 1.807) is 20.8 Å². The predicted octanol–water partition coefficient (Wildman–Crippen LogP) is 2.29. The Hall–Kier alpha value is -2.13. The molecule has 2 rings (SSSR count). The Morgan fingerprint density at radius 1 is 1.07 bits per heavy atom. The van der Waals surface area contributed by atoms with Crippen LogP contribution in [0.5, 0.6) is 0 Å². The zero-order valence-corrected chi connectivity index (χ0v) is 16.7. The summed E-state index contributed by atoms with van der Waals surface area (Å²) in [5.41, 5.74) is 2.64. The molecule has 0 saturated carbocycles. The van der Waals surface area contributed by atoms with Gasteiger partial charge in [-0.15, -0.1) is 0 Å². The average molecular weight is 380 g/mol. The summed E-state index contributed by atoms with van der Waals surface area (Å²) in [7, 11) is -0.943. The Morgan fingerprint density at radius 2 is 1.63 bits per heavy atom. The van der Waals surface area contributed by atoms with Crippen molar-refractivity contribution in [3.05, 3.63) is 29.6 Å². The molecule has 1 heterocycles. The first-order valence-electron chi connectivity index (χ1n) is 8.66. The van der Waals surface area contributed by atoms with E-state index in [2.05, 4.69) is 10.9 Å². The molecule has 27 heavy (non-hydrogen) atoms. The Labute approximate surface area is 159 Å². The van der Waals surface area contributed by atoms with Crippen LogP contribution in [0.4, 0.5) is 9.18 Å². The molecule has 2 amide bonds. The van der Waals surface area contributed by atoms with Gasteiger partial charge < -0.3 is 14.0 Å². The van der Waals surface area contributed by atoms with E-state index in [1.807, 2.05) is 27.7 Å². The number of hydrogen-bond acceptors (Lipinski definition) is 5. The van der Waals surface area contributed by atoms with Crippen LogP contribution in [0.15, 0.2) is 18.2 Å². The van der Waals surface area contributed by atoms with Crippen molar-refractivity contribution in [1.82, 2.24) is 10.9 Å². The van der Waals surface area contributed by atoms with E-state index in [-0.39, 0.29) is 11.0 Å². The van der Waals surface area contributed by atoms with Crippen LogP contribution in [0.3, 0.4) is 0 Å². The molecule has 0 aliphatic carbocycles. The lowest BCUT2D eigenvalue weighted by molar-refractivity contribution is 0.00578. The zero-order valence-electron chi connectivity index (χ0n) is 16.7. The van der Waals surface area contributed by atoms with Crippen molar-refractivity contribution in [3.8, 4) is 0 Å². The third-order valence-electron chi connectivity index (χ3n) is 4.44. The molecule has 2 N–H and O–H groups in total. The van der Waals surface area contributed by atoms with Gasteiger partial charge in [0.05, 0.1) is 11.2 Å². The van der Waals surface area contributed by atoms with Gasteiger partial charge in [-0.3, -0.25) is 10.2 Å². The molecule has 0 bridgehead atoms. The van der Waals surface area contributed by atoms with Gasteiger partial charge in [0.1, 0.15) is 11.4 Å². The lowest BCUT2D eigenvalue weighted by atomic mass is 9.78. The molecule has 1 aliphatic heterocycles. The third kappa shape index (κ3) is 4.98. The SMILES string of the molecule is CC(C)(C)OC(=O)NNC(=O)c1ccc(F)c(B2OC(C)(C)C(C)(C)O2)c1. The van der Waals surface area contributed by atoms with E-state index >= 15 is 0 Å². The second kappa shape index (κ2) is 7.12. The van der Waals surface area contributed by atoms with Gasteiger partial charge in [0.2, 0.25) is 0 Å². The molecule has 0 atom stereocenters. The molecule has 0 aromatic heterocycles. The second-order valence-corrected chi connectivity index (χ2v) is 8.41. The minimum Gasteiger partial charge on any atom is -0.443 e. The Bertz CT molecular complexity index is 730. The number of carbonyl (C=O) groups is 2. The number of hydrazine groups is 1. The summed E-state index contributed by atoms with van der Waals surface area (Å²) in [6.45, 7) is 12.5. The van der Waals surface area contributed by atoms with Crippen LogP contribution in [-0.4, -0.2) is 35.9 Å². The maximum atomic E-state index is 14.3. The van der Waals surface area contributed by atoms with E-state index in [0.717, 1.165) is 6.07 Å². The second-order valence-electron chi connectivity index (χ2n) is 8.41. The van der Waals surface area contributed by atoms with E-state index < -0.39 is 41.7 Å². The highest BCUT2D eigenvalue weighted by atomic mass is 19.1. The van der Waals surface area contributed by atoms with Crippen molar-refractivity contribution in [1.29, 1.82) is 0 Å². The van der Waals surface area contributed by atoms with Gasteiger partial charge in [-0.05, 0) is 66.7 Å². The van der Waals surface area contributed by atoms with Crippen molar-refractivity contribution in [2.45, 2.75) is 65.3 Å². The van der Waals surface area contributed by atoms with E-state index in [4.69, 9.17) is 14.0 Å². The molecular weight excluding hydrogens is 354 g/mol. The van der Waals surface area contributed by atoms with Crippen LogP contribution in [0.2, 0.25) is 0 Å². The summed E-state index contributed by atoms with van der Waals surface area (Å²) < 4.78 is 31.0. The van der Waals surface area contributed by atoms with Crippen molar-refractivity contribution >= 4 is 24.6 Å². The lowest BCUT2D eigenvalue weighted by Gasteiger charge is -2.32. The van der Waals surface area contributed by atoms with Crippen molar-refractivity contribution in [2.24, 2.45) is 0 Å². The lowest BCUT2D eigenvalue weighted by Crippen LogP contribution is -2.45. The molecule has 1 fully saturated rings.